The third-order valence-corrected chi connectivity index (χ3v) is 4.66. The van der Waals surface area contributed by atoms with Crippen molar-refractivity contribution >= 4 is 33.4 Å². The van der Waals surface area contributed by atoms with Gasteiger partial charge in [0.1, 0.15) is 5.75 Å². The molecule has 1 amide bonds. The molecule has 1 aliphatic rings. The van der Waals surface area contributed by atoms with E-state index in [4.69, 9.17) is 16.3 Å². The first-order valence-electron chi connectivity index (χ1n) is 6.87. The molecule has 5 heteroatoms. The normalized spacial score (nSPS) is 20.6. The Balaban J connectivity index is 1.94. The van der Waals surface area contributed by atoms with Gasteiger partial charge in [0, 0.05) is 23.4 Å². The average Bonchev–Trinajstić information content (AvgIpc) is 2.46. The summed E-state index contributed by atoms with van der Waals surface area (Å²) < 4.78 is 5.69. The molecule has 1 saturated heterocycles. The van der Waals surface area contributed by atoms with Crippen LogP contribution in [0.3, 0.4) is 0 Å². The molecule has 0 aromatic heterocycles. The molecule has 1 aromatic rings. The summed E-state index contributed by atoms with van der Waals surface area (Å²) in [7, 11) is 0. The lowest BCUT2D eigenvalue weighted by molar-refractivity contribution is -0.139. The van der Waals surface area contributed by atoms with E-state index in [2.05, 4.69) is 15.9 Å². The van der Waals surface area contributed by atoms with Gasteiger partial charge in [-0.3, -0.25) is 4.79 Å². The molecule has 0 radical (unpaired) electrons. The number of piperidine rings is 1. The number of carbonyl (C=O) groups excluding carboxylic acids is 1. The van der Waals surface area contributed by atoms with Crippen molar-refractivity contribution in [3.05, 3.63) is 29.3 Å². The highest BCUT2D eigenvalue weighted by molar-refractivity contribution is 9.09. The number of hydrogen-bond donors (Lipinski definition) is 0. The van der Waals surface area contributed by atoms with Gasteiger partial charge in [0.25, 0.3) is 5.91 Å². The third-order valence-electron chi connectivity index (χ3n) is 3.51. The zero-order valence-corrected chi connectivity index (χ0v) is 13.9. The van der Waals surface area contributed by atoms with Crippen LogP contribution in [0.2, 0.25) is 5.02 Å². The van der Waals surface area contributed by atoms with Gasteiger partial charge in [0.15, 0.2) is 6.10 Å². The van der Waals surface area contributed by atoms with E-state index >= 15 is 0 Å². The number of nitrogens with zero attached hydrogens (tertiary/aromatic N) is 1. The maximum Gasteiger partial charge on any atom is 0.263 e. The number of amides is 1. The second-order valence-electron chi connectivity index (χ2n) is 5.16. The summed E-state index contributed by atoms with van der Waals surface area (Å²) in [5, 5.41) is 1.56. The first-order chi connectivity index (χ1) is 9.60. The molecule has 1 aliphatic heterocycles. The van der Waals surface area contributed by atoms with Crippen LogP contribution >= 0.6 is 27.5 Å². The molecule has 20 heavy (non-hydrogen) atoms. The molecule has 2 rings (SSSR count). The fourth-order valence-corrected chi connectivity index (χ4v) is 3.15. The van der Waals surface area contributed by atoms with Crippen LogP contribution in [0.1, 0.15) is 19.8 Å². The van der Waals surface area contributed by atoms with Gasteiger partial charge < -0.3 is 9.64 Å². The topological polar surface area (TPSA) is 29.5 Å². The lowest BCUT2D eigenvalue weighted by Crippen LogP contribution is -2.46. The SMILES string of the molecule is CC(Oc1cccc(Cl)c1)C(=O)N1CCCC(CBr)C1. The molecule has 2 unspecified atom stereocenters. The minimum Gasteiger partial charge on any atom is -0.481 e. The van der Waals surface area contributed by atoms with Crippen molar-refractivity contribution in [1.29, 1.82) is 0 Å². The van der Waals surface area contributed by atoms with Crippen LogP contribution in [-0.4, -0.2) is 35.3 Å². The van der Waals surface area contributed by atoms with Crippen LogP contribution in [0.25, 0.3) is 0 Å². The van der Waals surface area contributed by atoms with Gasteiger partial charge in [-0.05, 0) is 43.9 Å². The van der Waals surface area contributed by atoms with Crippen molar-refractivity contribution in [2.75, 3.05) is 18.4 Å². The van der Waals surface area contributed by atoms with Crippen LogP contribution in [0.15, 0.2) is 24.3 Å². The van der Waals surface area contributed by atoms with Crippen LogP contribution in [0.5, 0.6) is 5.75 Å². The van der Waals surface area contributed by atoms with E-state index in [0.717, 1.165) is 24.8 Å². The predicted octanol–water partition coefficient (Wildman–Crippen LogP) is 3.74. The molecule has 0 bridgehead atoms. The molecular formula is C15H19BrClNO2. The third kappa shape index (κ3) is 4.13. The van der Waals surface area contributed by atoms with Gasteiger partial charge in [-0.15, -0.1) is 0 Å². The molecular weight excluding hydrogens is 342 g/mol. The van der Waals surface area contributed by atoms with E-state index in [1.807, 2.05) is 17.0 Å². The molecule has 0 aliphatic carbocycles. The van der Waals surface area contributed by atoms with E-state index in [0.29, 0.717) is 16.7 Å². The van der Waals surface area contributed by atoms with E-state index < -0.39 is 6.10 Å². The molecule has 0 spiro atoms. The Kier molecular flexibility index (Phi) is 5.73. The zero-order chi connectivity index (χ0) is 14.5. The number of halogens is 2. The Morgan fingerprint density at radius 1 is 1.60 bits per heavy atom. The summed E-state index contributed by atoms with van der Waals surface area (Å²) in [6.07, 6.45) is 1.76. The van der Waals surface area contributed by atoms with Crippen LogP contribution < -0.4 is 4.74 Å². The van der Waals surface area contributed by atoms with E-state index in [9.17, 15) is 4.79 Å². The number of rotatable bonds is 4. The Morgan fingerprint density at radius 3 is 3.10 bits per heavy atom. The summed E-state index contributed by atoms with van der Waals surface area (Å²) in [4.78, 5) is 14.3. The summed E-state index contributed by atoms with van der Waals surface area (Å²) in [6, 6.07) is 7.14. The monoisotopic (exact) mass is 359 g/mol. The number of benzene rings is 1. The van der Waals surface area contributed by atoms with Crippen molar-refractivity contribution in [2.24, 2.45) is 5.92 Å². The summed E-state index contributed by atoms with van der Waals surface area (Å²) >= 11 is 9.42. The van der Waals surface area contributed by atoms with Gasteiger partial charge in [-0.2, -0.15) is 0 Å². The first kappa shape index (κ1) is 15.6. The highest BCUT2D eigenvalue weighted by atomic mass is 79.9. The van der Waals surface area contributed by atoms with Gasteiger partial charge in [-0.1, -0.05) is 33.6 Å². The van der Waals surface area contributed by atoms with Crippen LogP contribution in [0.4, 0.5) is 0 Å². The van der Waals surface area contributed by atoms with Crippen molar-refractivity contribution < 1.29 is 9.53 Å². The second-order valence-corrected chi connectivity index (χ2v) is 6.25. The minimum atomic E-state index is -0.484. The molecule has 1 heterocycles. The molecule has 1 fully saturated rings. The Morgan fingerprint density at radius 2 is 2.40 bits per heavy atom. The predicted molar refractivity (Wildman–Crippen MR) is 84.6 cm³/mol. The maximum atomic E-state index is 12.4. The minimum absolute atomic E-state index is 0.0515. The highest BCUT2D eigenvalue weighted by Gasteiger charge is 2.27. The lowest BCUT2D eigenvalue weighted by atomic mass is 10.00. The Hall–Kier alpha value is -0.740. The standard InChI is InChI=1S/C15H19BrClNO2/c1-11(20-14-6-2-5-13(17)8-14)15(19)18-7-3-4-12(9-16)10-18/h2,5-6,8,11-12H,3-4,7,9-10H2,1H3. The van der Waals surface area contributed by atoms with Gasteiger partial charge in [0.05, 0.1) is 0 Å². The van der Waals surface area contributed by atoms with Crippen molar-refractivity contribution in [3.8, 4) is 5.75 Å². The molecule has 0 N–H and O–H groups in total. The number of hydrogen-bond acceptors (Lipinski definition) is 2. The Bertz CT molecular complexity index is 469. The second kappa shape index (κ2) is 7.32. The van der Waals surface area contributed by atoms with E-state index in [1.54, 1.807) is 19.1 Å². The fourth-order valence-electron chi connectivity index (χ4n) is 2.44. The highest BCUT2D eigenvalue weighted by Crippen LogP contribution is 2.21. The smallest absolute Gasteiger partial charge is 0.263 e. The molecule has 3 nitrogen and oxygen atoms in total. The van der Waals surface area contributed by atoms with E-state index in [-0.39, 0.29) is 5.91 Å². The summed E-state index contributed by atoms with van der Waals surface area (Å²) in [5.74, 6) is 1.23. The maximum absolute atomic E-state index is 12.4. The zero-order valence-electron chi connectivity index (χ0n) is 11.5. The number of ether oxygens (including phenoxy) is 1. The lowest BCUT2D eigenvalue weighted by Gasteiger charge is -2.33. The molecule has 110 valence electrons. The number of likely N-dealkylation sites (tertiary alicyclic amines) is 1. The van der Waals surface area contributed by atoms with Crippen molar-refractivity contribution in [2.45, 2.75) is 25.9 Å². The number of carbonyl (C=O) groups is 1. The Labute approximate surface area is 133 Å². The van der Waals surface area contributed by atoms with E-state index in [1.165, 1.54) is 6.42 Å². The van der Waals surface area contributed by atoms with Gasteiger partial charge >= 0.3 is 0 Å². The van der Waals surface area contributed by atoms with Crippen LogP contribution in [-0.2, 0) is 4.79 Å². The fraction of sp³-hybridized carbons (Fsp3) is 0.533. The molecule has 0 saturated carbocycles. The largest absolute Gasteiger partial charge is 0.481 e. The van der Waals surface area contributed by atoms with Gasteiger partial charge in [0.2, 0.25) is 0 Å². The quantitative estimate of drug-likeness (QED) is 0.766. The van der Waals surface area contributed by atoms with Crippen LogP contribution in [0, 0.1) is 5.92 Å². The summed E-state index contributed by atoms with van der Waals surface area (Å²) in [6.45, 7) is 3.43. The average molecular weight is 361 g/mol. The summed E-state index contributed by atoms with van der Waals surface area (Å²) in [5.41, 5.74) is 0. The van der Waals surface area contributed by atoms with Crippen molar-refractivity contribution in [3.63, 3.8) is 0 Å². The molecule has 1 aromatic carbocycles. The number of alkyl halides is 1. The first-order valence-corrected chi connectivity index (χ1v) is 8.37. The van der Waals surface area contributed by atoms with Crippen molar-refractivity contribution in [1.82, 2.24) is 4.90 Å². The van der Waals surface area contributed by atoms with Gasteiger partial charge in [-0.25, -0.2) is 0 Å². The molecule has 2 atom stereocenters.